The monoisotopic (exact) mass is 340 g/mol. The summed E-state index contributed by atoms with van der Waals surface area (Å²) in [5.41, 5.74) is 7.35. The normalized spacial score (nSPS) is 20.5. The van der Waals surface area contributed by atoms with Crippen molar-refractivity contribution in [1.82, 2.24) is 4.90 Å². The molecule has 1 aliphatic rings. The third kappa shape index (κ3) is 3.66. The lowest BCUT2D eigenvalue weighted by Gasteiger charge is -2.37. The van der Waals surface area contributed by atoms with Gasteiger partial charge in [-0.1, -0.05) is 31.2 Å². The van der Waals surface area contributed by atoms with Crippen molar-refractivity contribution in [3.05, 3.63) is 47.7 Å². The maximum absolute atomic E-state index is 12.8. The minimum absolute atomic E-state index is 0.0222. The van der Waals surface area contributed by atoms with Crippen molar-refractivity contribution in [2.75, 3.05) is 13.1 Å². The molecule has 2 aromatic rings. The summed E-state index contributed by atoms with van der Waals surface area (Å²) < 4.78 is 5.79. The van der Waals surface area contributed by atoms with E-state index in [4.69, 9.17) is 10.2 Å². The minimum Gasteiger partial charge on any atom is -0.451 e. The Morgan fingerprint density at radius 3 is 2.56 bits per heavy atom. The van der Waals surface area contributed by atoms with Crippen LogP contribution >= 0.6 is 0 Å². The highest BCUT2D eigenvalue weighted by molar-refractivity contribution is 5.94. The van der Waals surface area contributed by atoms with Crippen LogP contribution in [0.1, 0.15) is 47.6 Å². The Morgan fingerprint density at radius 1 is 1.20 bits per heavy atom. The van der Waals surface area contributed by atoms with E-state index in [2.05, 4.69) is 6.92 Å². The van der Waals surface area contributed by atoms with Gasteiger partial charge in [0, 0.05) is 30.3 Å². The Balaban J connectivity index is 1.78. The van der Waals surface area contributed by atoms with Gasteiger partial charge in [0.2, 0.25) is 0 Å². The van der Waals surface area contributed by atoms with Gasteiger partial charge in [-0.25, -0.2) is 0 Å². The Hall–Kier alpha value is -2.40. The van der Waals surface area contributed by atoms with E-state index in [1.54, 1.807) is 24.3 Å². The lowest BCUT2D eigenvalue weighted by atomic mass is 9.92. The van der Waals surface area contributed by atoms with Crippen LogP contribution < -0.4 is 5.73 Å². The summed E-state index contributed by atoms with van der Waals surface area (Å²) in [5, 5.41) is 0. The standard InChI is InChI=1S/C20H24N2O3/c1-13-9-10-22(17(11-13)12-21)20(24)19-8-7-18(25-19)16-5-3-15(4-6-16)14(2)23/h3-8,13,17H,9-12,21H2,1-2H3. The summed E-state index contributed by atoms with van der Waals surface area (Å²) in [6, 6.07) is 10.8. The molecule has 1 fully saturated rings. The summed E-state index contributed by atoms with van der Waals surface area (Å²) >= 11 is 0. The van der Waals surface area contributed by atoms with E-state index in [9.17, 15) is 9.59 Å². The number of rotatable bonds is 4. The number of benzene rings is 1. The van der Waals surface area contributed by atoms with Crippen LogP contribution in [0.15, 0.2) is 40.8 Å². The van der Waals surface area contributed by atoms with Crippen molar-refractivity contribution in [2.45, 2.75) is 32.7 Å². The molecule has 0 bridgehead atoms. The van der Waals surface area contributed by atoms with Crippen LogP contribution in [0, 0.1) is 5.92 Å². The predicted octanol–water partition coefficient (Wildman–Crippen LogP) is 3.35. The number of likely N-dealkylation sites (tertiary alicyclic amines) is 1. The van der Waals surface area contributed by atoms with Crippen LogP contribution in [0.2, 0.25) is 0 Å². The molecule has 1 aromatic heterocycles. The number of carbonyl (C=O) groups excluding carboxylic acids is 2. The van der Waals surface area contributed by atoms with Gasteiger partial charge in [0.25, 0.3) is 5.91 Å². The molecular formula is C20H24N2O3. The number of hydrogen-bond donors (Lipinski definition) is 1. The quantitative estimate of drug-likeness (QED) is 0.866. The molecule has 1 saturated heterocycles. The lowest BCUT2D eigenvalue weighted by molar-refractivity contribution is 0.0542. The summed E-state index contributed by atoms with van der Waals surface area (Å²) in [7, 11) is 0. The summed E-state index contributed by atoms with van der Waals surface area (Å²) in [5.74, 6) is 1.46. The Kier molecular flexibility index (Phi) is 5.04. The number of nitrogens with two attached hydrogens (primary N) is 1. The lowest BCUT2D eigenvalue weighted by Crippen LogP contribution is -2.49. The van der Waals surface area contributed by atoms with Crippen molar-refractivity contribution in [2.24, 2.45) is 11.7 Å². The fourth-order valence-electron chi connectivity index (χ4n) is 3.36. The first kappa shape index (κ1) is 17.4. The summed E-state index contributed by atoms with van der Waals surface area (Å²) in [6.45, 7) is 4.91. The molecule has 0 spiro atoms. The molecule has 2 atom stereocenters. The zero-order chi connectivity index (χ0) is 18.0. The van der Waals surface area contributed by atoms with Crippen LogP contribution in [-0.2, 0) is 0 Å². The SMILES string of the molecule is CC(=O)c1ccc(-c2ccc(C(=O)N3CCC(C)CC3CN)o2)cc1. The molecule has 0 aliphatic carbocycles. The average molecular weight is 340 g/mol. The molecule has 0 radical (unpaired) electrons. The predicted molar refractivity (Wildman–Crippen MR) is 96.4 cm³/mol. The number of Topliss-reactive ketones (excluding diaryl/α,β-unsaturated/α-hetero) is 1. The van der Waals surface area contributed by atoms with Gasteiger partial charge in [-0.3, -0.25) is 9.59 Å². The number of ketones is 1. The van der Waals surface area contributed by atoms with Gasteiger partial charge in [-0.15, -0.1) is 0 Å². The number of hydrogen-bond acceptors (Lipinski definition) is 4. The van der Waals surface area contributed by atoms with Gasteiger partial charge in [-0.05, 0) is 37.8 Å². The summed E-state index contributed by atoms with van der Waals surface area (Å²) in [4.78, 5) is 26.0. The van der Waals surface area contributed by atoms with E-state index >= 15 is 0 Å². The van der Waals surface area contributed by atoms with Gasteiger partial charge in [-0.2, -0.15) is 0 Å². The maximum Gasteiger partial charge on any atom is 0.289 e. The van der Waals surface area contributed by atoms with Crippen molar-refractivity contribution in [3.8, 4) is 11.3 Å². The number of furan rings is 1. The summed E-state index contributed by atoms with van der Waals surface area (Å²) in [6.07, 6.45) is 1.92. The zero-order valence-electron chi connectivity index (χ0n) is 14.7. The molecule has 1 amide bonds. The van der Waals surface area contributed by atoms with Gasteiger partial charge >= 0.3 is 0 Å². The number of nitrogens with zero attached hydrogens (tertiary/aromatic N) is 1. The van der Waals surface area contributed by atoms with Gasteiger partial charge in [0.05, 0.1) is 0 Å². The largest absolute Gasteiger partial charge is 0.451 e. The average Bonchev–Trinajstić information content (AvgIpc) is 3.11. The fourth-order valence-corrected chi connectivity index (χ4v) is 3.36. The molecule has 1 aliphatic heterocycles. The third-order valence-electron chi connectivity index (χ3n) is 4.90. The molecule has 132 valence electrons. The van der Waals surface area contributed by atoms with E-state index in [0.717, 1.165) is 18.4 Å². The molecular weight excluding hydrogens is 316 g/mol. The fraction of sp³-hybridized carbons (Fsp3) is 0.400. The van der Waals surface area contributed by atoms with Crippen LogP contribution in [0.25, 0.3) is 11.3 Å². The second-order valence-corrected chi connectivity index (χ2v) is 6.82. The molecule has 5 nitrogen and oxygen atoms in total. The van der Waals surface area contributed by atoms with Crippen LogP contribution in [0.3, 0.4) is 0 Å². The van der Waals surface area contributed by atoms with E-state index in [0.29, 0.717) is 36.1 Å². The molecule has 2 heterocycles. The number of piperidine rings is 1. The highest BCUT2D eigenvalue weighted by atomic mass is 16.4. The van der Waals surface area contributed by atoms with Crippen LogP contribution in [0.4, 0.5) is 0 Å². The molecule has 1 aromatic carbocycles. The highest BCUT2D eigenvalue weighted by Crippen LogP contribution is 2.27. The Labute approximate surface area is 147 Å². The molecule has 5 heteroatoms. The van der Waals surface area contributed by atoms with Gasteiger partial charge < -0.3 is 15.1 Å². The smallest absolute Gasteiger partial charge is 0.289 e. The second kappa shape index (κ2) is 7.23. The van der Waals surface area contributed by atoms with E-state index < -0.39 is 0 Å². The number of amides is 1. The maximum atomic E-state index is 12.8. The molecule has 2 N–H and O–H groups in total. The van der Waals surface area contributed by atoms with Crippen molar-refractivity contribution >= 4 is 11.7 Å². The highest BCUT2D eigenvalue weighted by Gasteiger charge is 2.31. The first-order valence-corrected chi connectivity index (χ1v) is 8.72. The van der Waals surface area contributed by atoms with Crippen molar-refractivity contribution in [1.29, 1.82) is 0 Å². The van der Waals surface area contributed by atoms with Gasteiger partial charge in [0.1, 0.15) is 5.76 Å². The Morgan fingerprint density at radius 2 is 1.92 bits per heavy atom. The first-order chi connectivity index (χ1) is 12.0. The topological polar surface area (TPSA) is 76.5 Å². The van der Waals surface area contributed by atoms with Crippen LogP contribution in [-0.4, -0.2) is 35.7 Å². The van der Waals surface area contributed by atoms with E-state index in [1.807, 2.05) is 17.0 Å². The molecule has 0 saturated carbocycles. The molecule has 25 heavy (non-hydrogen) atoms. The van der Waals surface area contributed by atoms with Gasteiger partial charge in [0.15, 0.2) is 11.5 Å². The minimum atomic E-state index is -0.103. The molecule has 3 rings (SSSR count). The van der Waals surface area contributed by atoms with Crippen LogP contribution in [0.5, 0.6) is 0 Å². The Bertz CT molecular complexity index is 764. The van der Waals surface area contributed by atoms with E-state index in [1.165, 1.54) is 6.92 Å². The van der Waals surface area contributed by atoms with Crippen molar-refractivity contribution < 1.29 is 14.0 Å². The second-order valence-electron chi connectivity index (χ2n) is 6.82. The number of carbonyl (C=O) groups is 2. The first-order valence-electron chi connectivity index (χ1n) is 8.72. The van der Waals surface area contributed by atoms with E-state index in [-0.39, 0.29) is 17.7 Å². The van der Waals surface area contributed by atoms with Crippen molar-refractivity contribution in [3.63, 3.8) is 0 Å². The third-order valence-corrected chi connectivity index (χ3v) is 4.90. The molecule has 2 unspecified atom stereocenters. The zero-order valence-corrected chi connectivity index (χ0v) is 14.7.